The van der Waals surface area contributed by atoms with E-state index in [-0.39, 0.29) is 12.2 Å². The van der Waals surface area contributed by atoms with Gasteiger partial charge in [0, 0.05) is 17.7 Å². The summed E-state index contributed by atoms with van der Waals surface area (Å²) in [5.74, 6) is -0.634. The van der Waals surface area contributed by atoms with Gasteiger partial charge in [-0.3, -0.25) is 9.59 Å². The molecule has 1 heterocycles. The zero-order valence-corrected chi connectivity index (χ0v) is 15.1. The maximum Gasteiger partial charge on any atom is 0.264 e. The highest BCUT2D eigenvalue weighted by Gasteiger charge is 2.50. The van der Waals surface area contributed by atoms with Crippen LogP contribution in [0.15, 0.2) is 36.4 Å². The average molecular weight is 337 g/mol. The number of amides is 1. The van der Waals surface area contributed by atoms with Crippen LogP contribution < -0.4 is 4.90 Å². The largest absolute Gasteiger partial charge is 0.375 e. The lowest BCUT2D eigenvalue weighted by Crippen LogP contribution is -2.41. The Kier molecular flexibility index (Phi) is 4.25. The Morgan fingerprint density at radius 2 is 1.72 bits per heavy atom. The molecule has 1 atom stereocenters. The van der Waals surface area contributed by atoms with Crippen LogP contribution >= 0.6 is 0 Å². The van der Waals surface area contributed by atoms with E-state index in [4.69, 9.17) is 0 Å². The number of likely N-dealkylation sites (N-methyl/N-ethyl adjacent to an activating group) is 1. The van der Waals surface area contributed by atoms with Gasteiger partial charge in [-0.1, -0.05) is 35.9 Å². The van der Waals surface area contributed by atoms with E-state index in [0.29, 0.717) is 23.4 Å². The first-order valence-electron chi connectivity index (χ1n) is 8.54. The lowest BCUT2D eigenvalue weighted by atomic mass is 9.85. The van der Waals surface area contributed by atoms with Crippen molar-refractivity contribution in [2.24, 2.45) is 0 Å². The number of aliphatic hydroxyl groups is 1. The predicted octanol–water partition coefficient (Wildman–Crippen LogP) is 3.44. The molecule has 1 aliphatic rings. The number of carbonyl (C=O) groups is 2. The van der Waals surface area contributed by atoms with Crippen molar-refractivity contribution >= 4 is 17.4 Å². The number of hydrogen-bond acceptors (Lipinski definition) is 3. The summed E-state index contributed by atoms with van der Waals surface area (Å²) < 4.78 is 0. The predicted molar refractivity (Wildman–Crippen MR) is 98.0 cm³/mol. The van der Waals surface area contributed by atoms with Crippen LogP contribution in [0, 0.1) is 20.8 Å². The molecule has 130 valence electrons. The van der Waals surface area contributed by atoms with Gasteiger partial charge in [0.1, 0.15) is 0 Å². The number of nitrogens with zero attached hydrogens (tertiary/aromatic N) is 1. The van der Waals surface area contributed by atoms with Crippen LogP contribution in [0.3, 0.4) is 0 Å². The Morgan fingerprint density at radius 3 is 2.32 bits per heavy atom. The van der Waals surface area contributed by atoms with E-state index in [9.17, 15) is 14.7 Å². The van der Waals surface area contributed by atoms with Crippen LogP contribution in [0.25, 0.3) is 0 Å². The molecule has 0 radical (unpaired) electrons. The number of ketones is 1. The van der Waals surface area contributed by atoms with E-state index in [1.54, 1.807) is 12.1 Å². The number of benzene rings is 2. The maximum absolute atomic E-state index is 13.0. The number of carbonyl (C=O) groups excluding carboxylic acids is 2. The molecule has 25 heavy (non-hydrogen) atoms. The van der Waals surface area contributed by atoms with Gasteiger partial charge in [0.2, 0.25) is 0 Å². The number of hydrogen-bond donors (Lipinski definition) is 1. The summed E-state index contributed by atoms with van der Waals surface area (Å²) in [7, 11) is 0. The minimum Gasteiger partial charge on any atom is -0.375 e. The van der Waals surface area contributed by atoms with Gasteiger partial charge in [-0.15, -0.1) is 0 Å². The first-order chi connectivity index (χ1) is 11.8. The number of para-hydroxylation sites is 1. The average Bonchev–Trinajstić information content (AvgIpc) is 2.74. The molecule has 3 rings (SSSR count). The van der Waals surface area contributed by atoms with Gasteiger partial charge in [-0.05, 0) is 44.9 Å². The highest BCUT2D eigenvalue weighted by Crippen LogP contribution is 2.42. The van der Waals surface area contributed by atoms with Crippen LogP contribution in [0.1, 0.15) is 46.0 Å². The number of anilines is 1. The Bertz CT molecular complexity index is 848. The molecule has 0 aromatic heterocycles. The van der Waals surface area contributed by atoms with Crippen molar-refractivity contribution in [3.63, 3.8) is 0 Å². The van der Waals surface area contributed by atoms with Crippen molar-refractivity contribution in [2.45, 2.75) is 39.7 Å². The SMILES string of the molecule is CCN1C(=O)[C@](O)(CC(=O)c2c(C)cc(C)cc2C)c2ccccc21. The van der Waals surface area contributed by atoms with Crippen molar-refractivity contribution in [1.82, 2.24) is 0 Å². The number of Topliss-reactive ketones (excluding diaryl/α,β-unsaturated/α-hetero) is 1. The standard InChI is InChI=1S/C21H23NO3/c1-5-22-17-9-7-6-8-16(17)21(25,20(22)24)12-18(23)19-14(3)10-13(2)11-15(19)4/h6-11,25H,5,12H2,1-4H3/t21-/m0/s1. The van der Waals surface area contributed by atoms with E-state index >= 15 is 0 Å². The molecule has 0 spiro atoms. The molecule has 0 fully saturated rings. The molecular weight excluding hydrogens is 314 g/mol. The lowest BCUT2D eigenvalue weighted by Gasteiger charge is -2.23. The second kappa shape index (κ2) is 6.12. The normalized spacial score (nSPS) is 19.2. The maximum atomic E-state index is 13.0. The zero-order chi connectivity index (χ0) is 18.4. The van der Waals surface area contributed by atoms with Crippen molar-refractivity contribution in [1.29, 1.82) is 0 Å². The third kappa shape index (κ3) is 2.67. The van der Waals surface area contributed by atoms with Crippen molar-refractivity contribution in [3.05, 3.63) is 64.2 Å². The summed E-state index contributed by atoms with van der Waals surface area (Å²) in [6, 6.07) is 11.0. The molecular formula is C21H23NO3. The molecule has 0 saturated carbocycles. The monoisotopic (exact) mass is 337 g/mol. The van der Waals surface area contributed by atoms with Gasteiger partial charge >= 0.3 is 0 Å². The number of rotatable bonds is 4. The summed E-state index contributed by atoms with van der Waals surface area (Å²) in [6.07, 6.45) is -0.246. The summed E-state index contributed by atoms with van der Waals surface area (Å²) in [5, 5.41) is 11.2. The third-order valence-electron chi connectivity index (χ3n) is 4.93. The van der Waals surface area contributed by atoms with Gasteiger partial charge in [-0.25, -0.2) is 0 Å². The molecule has 4 nitrogen and oxygen atoms in total. The minimum absolute atomic E-state index is 0.210. The number of fused-ring (bicyclic) bond motifs is 1. The van der Waals surface area contributed by atoms with Crippen LogP contribution in [0.4, 0.5) is 5.69 Å². The summed E-state index contributed by atoms with van der Waals surface area (Å²) in [6.45, 7) is 8.07. The fraction of sp³-hybridized carbons (Fsp3) is 0.333. The fourth-order valence-corrected chi connectivity index (χ4v) is 3.93. The quantitative estimate of drug-likeness (QED) is 0.870. The highest BCUT2D eigenvalue weighted by atomic mass is 16.3. The number of aryl methyl sites for hydroxylation is 3. The van der Waals surface area contributed by atoms with Crippen LogP contribution in [-0.4, -0.2) is 23.3 Å². The first-order valence-corrected chi connectivity index (χ1v) is 8.54. The lowest BCUT2D eigenvalue weighted by molar-refractivity contribution is -0.135. The molecule has 0 aliphatic carbocycles. The topological polar surface area (TPSA) is 57.6 Å². The van der Waals surface area contributed by atoms with Crippen LogP contribution in [0.2, 0.25) is 0 Å². The summed E-state index contributed by atoms with van der Waals surface area (Å²) in [5.41, 5.74) is 2.83. The highest BCUT2D eigenvalue weighted by molar-refractivity contribution is 6.11. The van der Waals surface area contributed by atoms with Crippen molar-refractivity contribution in [2.75, 3.05) is 11.4 Å². The molecule has 1 N–H and O–H groups in total. The second-order valence-electron chi connectivity index (χ2n) is 6.80. The van der Waals surface area contributed by atoms with Gasteiger partial charge in [0.25, 0.3) is 5.91 Å². The van der Waals surface area contributed by atoms with Gasteiger partial charge in [0.15, 0.2) is 11.4 Å². The summed E-state index contributed by atoms with van der Waals surface area (Å²) >= 11 is 0. The Balaban J connectivity index is 2.03. The van der Waals surface area contributed by atoms with E-state index in [1.165, 1.54) is 4.90 Å². The van der Waals surface area contributed by atoms with E-state index in [1.807, 2.05) is 52.0 Å². The summed E-state index contributed by atoms with van der Waals surface area (Å²) in [4.78, 5) is 27.3. The Labute approximate surface area is 148 Å². The fourth-order valence-electron chi connectivity index (χ4n) is 3.93. The molecule has 2 aromatic rings. The first kappa shape index (κ1) is 17.4. The third-order valence-corrected chi connectivity index (χ3v) is 4.93. The van der Waals surface area contributed by atoms with Gasteiger partial charge in [-0.2, -0.15) is 0 Å². The van der Waals surface area contributed by atoms with E-state index in [0.717, 1.165) is 16.7 Å². The molecule has 0 bridgehead atoms. The zero-order valence-electron chi connectivity index (χ0n) is 15.1. The van der Waals surface area contributed by atoms with E-state index in [2.05, 4.69) is 0 Å². The van der Waals surface area contributed by atoms with E-state index < -0.39 is 11.5 Å². The van der Waals surface area contributed by atoms with Crippen LogP contribution in [-0.2, 0) is 10.4 Å². The molecule has 4 heteroatoms. The molecule has 0 unspecified atom stereocenters. The Hall–Kier alpha value is -2.46. The smallest absolute Gasteiger partial charge is 0.264 e. The van der Waals surface area contributed by atoms with Crippen molar-refractivity contribution in [3.8, 4) is 0 Å². The van der Waals surface area contributed by atoms with Crippen LogP contribution in [0.5, 0.6) is 0 Å². The van der Waals surface area contributed by atoms with Crippen molar-refractivity contribution < 1.29 is 14.7 Å². The minimum atomic E-state index is -1.80. The molecule has 1 aliphatic heterocycles. The molecule has 1 amide bonds. The second-order valence-corrected chi connectivity index (χ2v) is 6.80. The molecule has 2 aromatic carbocycles. The van der Waals surface area contributed by atoms with Gasteiger partial charge < -0.3 is 10.0 Å². The molecule has 0 saturated heterocycles. The Morgan fingerprint density at radius 1 is 1.12 bits per heavy atom. The van der Waals surface area contributed by atoms with Gasteiger partial charge in [0.05, 0.1) is 12.1 Å².